The molecule has 0 aromatic rings. The number of ketones is 1. The Labute approximate surface area is 116 Å². The van der Waals surface area contributed by atoms with Crippen LogP contribution in [0.5, 0.6) is 0 Å². The summed E-state index contributed by atoms with van der Waals surface area (Å²) in [5.74, 6) is -1.22. The minimum Gasteiger partial charge on any atom is -0.482 e. The Morgan fingerprint density at radius 1 is 1.11 bits per heavy atom. The van der Waals surface area contributed by atoms with Gasteiger partial charge in [0.2, 0.25) is 0 Å². The fourth-order valence-corrected chi connectivity index (χ4v) is 1.30. The lowest BCUT2D eigenvalue weighted by Gasteiger charge is -2.09. The third-order valence-corrected chi connectivity index (χ3v) is 2.84. The summed E-state index contributed by atoms with van der Waals surface area (Å²) in [5.41, 5.74) is 0. The summed E-state index contributed by atoms with van der Waals surface area (Å²) >= 11 is -0.245. The van der Waals surface area contributed by atoms with Gasteiger partial charge in [-0.3, -0.25) is 9.59 Å². The number of carboxylic acid groups (broad SMARTS) is 1. The first-order valence-corrected chi connectivity index (χ1v) is 7.09. The molecular formula is C12H24AlO5. The lowest BCUT2D eigenvalue weighted by atomic mass is 10.2. The molecule has 0 atom stereocenters. The minimum atomic E-state index is -1.03. The van der Waals surface area contributed by atoms with Gasteiger partial charge in [-0.05, 0) is 34.1 Å². The average molecular weight is 275 g/mol. The molecule has 0 spiro atoms. The fraction of sp³-hybridized carbons (Fsp3) is 0.833. The highest BCUT2D eigenvalue weighted by molar-refractivity contribution is 6.18. The molecule has 0 amide bonds. The summed E-state index contributed by atoms with van der Waals surface area (Å²) in [5, 5.41) is 8.09. The van der Waals surface area contributed by atoms with Crippen LogP contribution in [-0.2, 0) is 17.2 Å². The molecule has 0 aliphatic rings. The zero-order valence-electron chi connectivity index (χ0n) is 11.9. The highest BCUT2D eigenvalue weighted by Crippen LogP contribution is 1.92. The van der Waals surface area contributed by atoms with Crippen LogP contribution in [0.15, 0.2) is 0 Å². The lowest BCUT2D eigenvalue weighted by Crippen LogP contribution is -2.14. The number of Topliss-reactive ketones (excluding diaryl/α,β-unsaturated/α-hetero) is 1. The van der Waals surface area contributed by atoms with Gasteiger partial charge in [0.15, 0.2) is 0 Å². The standard InChI is InChI=1S/C6H10O3.2C3H7O.Al/c1-2-3-5(7)4-6(8)9;2*1-3(2)4;/h2-4H2,1H3,(H,8,9);2*3H,1-2H3;/q;2*-1;+2. The second kappa shape index (κ2) is 13.0. The second-order valence-corrected chi connectivity index (χ2v) is 5.06. The molecule has 105 valence electrons. The van der Waals surface area contributed by atoms with Gasteiger partial charge in [-0.25, -0.2) is 0 Å². The number of carboxylic acids is 1. The van der Waals surface area contributed by atoms with E-state index in [1.807, 2.05) is 34.6 Å². The van der Waals surface area contributed by atoms with E-state index in [1.54, 1.807) is 0 Å². The van der Waals surface area contributed by atoms with E-state index in [0.717, 1.165) is 6.42 Å². The molecule has 5 nitrogen and oxygen atoms in total. The second-order valence-electron chi connectivity index (χ2n) is 4.33. The Balaban J connectivity index is 0. The van der Waals surface area contributed by atoms with Gasteiger partial charge in [-0.1, -0.05) is 6.92 Å². The molecule has 1 N–H and O–H groups in total. The molecule has 1 radical (unpaired) electrons. The predicted octanol–water partition coefficient (Wildman–Crippen LogP) is 2.20. The molecule has 18 heavy (non-hydrogen) atoms. The maximum Gasteiger partial charge on any atom is 0.668 e. The highest BCUT2D eigenvalue weighted by atomic mass is 27.2. The van der Waals surface area contributed by atoms with Crippen molar-refractivity contribution in [1.29, 1.82) is 0 Å². The molecular weight excluding hydrogens is 251 g/mol. The van der Waals surface area contributed by atoms with Crippen LogP contribution in [0.1, 0.15) is 53.9 Å². The van der Waals surface area contributed by atoms with Crippen molar-refractivity contribution in [1.82, 2.24) is 0 Å². The minimum absolute atomic E-state index is 0.190. The SMILES string of the molecule is CC(C)[O][Al][O]C(C)C.CCCC(=O)CC(=O)O. The third-order valence-electron chi connectivity index (χ3n) is 1.53. The van der Waals surface area contributed by atoms with Crippen LogP contribution >= 0.6 is 0 Å². The third kappa shape index (κ3) is 20.9. The van der Waals surface area contributed by atoms with Gasteiger partial charge in [0.1, 0.15) is 12.2 Å². The highest BCUT2D eigenvalue weighted by Gasteiger charge is 2.04. The largest absolute Gasteiger partial charge is 0.668 e. The number of carbonyl (C=O) groups is 2. The summed E-state index contributed by atoms with van der Waals surface area (Å²) in [6, 6.07) is 0. The number of hydrogen-bond donors (Lipinski definition) is 1. The van der Waals surface area contributed by atoms with Gasteiger partial charge in [-0.2, -0.15) is 0 Å². The Bertz CT molecular complexity index is 221. The van der Waals surface area contributed by atoms with Crippen molar-refractivity contribution in [2.45, 2.75) is 66.1 Å². The smallest absolute Gasteiger partial charge is 0.482 e. The molecule has 0 bridgehead atoms. The van der Waals surface area contributed by atoms with Crippen LogP contribution in [0.3, 0.4) is 0 Å². The van der Waals surface area contributed by atoms with Crippen LogP contribution in [0.25, 0.3) is 0 Å². The topological polar surface area (TPSA) is 72.8 Å². The summed E-state index contributed by atoms with van der Waals surface area (Å²) in [6.07, 6.45) is 1.39. The van der Waals surface area contributed by atoms with Gasteiger partial charge in [0.25, 0.3) is 0 Å². The van der Waals surface area contributed by atoms with Crippen LogP contribution in [-0.4, -0.2) is 45.0 Å². The molecule has 0 aliphatic heterocycles. The van der Waals surface area contributed by atoms with Gasteiger partial charge in [-0.15, -0.1) is 0 Å². The van der Waals surface area contributed by atoms with Crippen molar-refractivity contribution in [3.8, 4) is 0 Å². The zero-order valence-corrected chi connectivity index (χ0v) is 13.1. The quantitative estimate of drug-likeness (QED) is 0.543. The average Bonchev–Trinajstić information content (AvgIpc) is 2.16. The van der Waals surface area contributed by atoms with Crippen LogP contribution < -0.4 is 0 Å². The molecule has 0 saturated heterocycles. The first kappa shape index (κ1) is 19.9. The molecule has 0 aromatic carbocycles. The summed E-state index contributed by atoms with van der Waals surface area (Å²) in [7, 11) is 0. The summed E-state index contributed by atoms with van der Waals surface area (Å²) < 4.78 is 10.4. The van der Waals surface area contributed by atoms with E-state index in [4.69, 9.17) is 12.7 Å². The van der Waals surface area contributed by atoms with E-state index in [-0.39, 0.29) is 28.1 Å². The van der Waals surface area contributed by atoms with Crippen molar-refractivity contribution >= 4 is 27.6 Å². The predicted molar refractivity (Wildman–Crippen MR) is 70.4 cm³/mol. The Kier molecular flexibility index (Phi) is 14.4. The van der Waals surface area contributed by atoms with E-state index < -0.39 is 5.97 Å². The summed E-state index contributed by atoms with van der Waals surface area (Å²) in [6.45, 7) is 9.89. The van der Waals surface area contributed by atoms with E-state index in [9.17, 15) is 9.59 Å². The monoisotopic (exact) mass is 275 g/mol. The molecule has 0 aliphatic carbocycles. The molecule has 0 rings (SSSR count). The van der Waals surface area contributed by atoms with E-state index in [1.165, 1.54) is 0 Å². The normalized spacial score (nSPS) is 9.94. The van der Waals surface area contributed by atoms with E-state index >= 15 is 0 Å². The van der Waals surface area contributed by atoms with E-state index in [0.29, 0.717) is 18.6 Å². The van der Waals surface area contributed by atoms with Crippen molar-refractivity contribution in [3.05, 3.63) is 0 Å². The van der Waals surface area contributed by atoms with Crippen LogP contribution in [0.2, 0.25) is 0 Å². The molecule has 0 saturated carbocycles. The maximum atomic E-state index is 10.5. The lowest BCUT2D eigenvalue weighted by molar-refractivity contribution is -0.140. The van der Waals surface area contributed by atoms with Crippen LogP contribution in [0.4, 0.5) is 0 Å². The van der Waals surface area contributed by atoms with Crippen LogP contribution in [0, 0.1) is 0 Å². The number of hydrogen-bond acceptors (Lipinski definition) is 4. The van der Waals surface area contributed by atoms with E-state index in [2.05, 4.69) is 0 Å². The number of carbonyl (C=O) groups excluding carboxylic acids is 1. The number of rotatable bonds is 8. The molecule has 0 fully saturated rings. The Hall–Kier alpha value is -0.408. The first-order valence-electron chi connectivity index (χ1n) is 6.15. The van der Waals surface area contributed by atoms with Crippen molar-refractivity contribution in [2.75, 3.05) is 0 Å². The van der Waals surface area contributed by atoms with Crippen molar-refractivity contribution in [3.63, 3.8) is 0 Å². The molecule has 6 heteroatoms. The Morgan fingerprint density at radius 2 is 1.56 bits per heavy atom. The van der Waals surface area contributed by atoms with Gasteiger partial charge in [0.05, 0.1) is 0 Å². The van der Waals surface area contributed by atoms with Gasteiger partial charge in [0, 0.05) is 18.6 Å². The molecule has 0 heterocycles. The van der Waals surface area contributed by atoms with Gasteiger partial charge >= 0.3 is 21.9 Å². The summed E-state index contributed by atoms with van der Waals surface area (Å²) in [4.78, 5) is 20.3. The fourth-order valence-electron chi connectivity index (χ4n) is 0.790. The van der Waals surface area contributed by atoms with Crippen molar-refractivity contribution in [2.24, 2.45) is 0 Å². The maximum absolute atomic E-state index is 10.5. The van der Waals surface area contributed by atoms with Gasteiger partial charge < -0.3 is 12.7 Å². The molecule has 0 aromatic heterocycles. The zero-order chi connectivity index (χ0) is 14.6. The van der Waals surface area contributed by atoms with Crippen molar-refractivity contribution < 1.29 is 22.3 Å². The Morgan fingerprint density at radius 3 is 1.83 bits per heavy atom. The first-order chi connectivity index (χ1) is 8.29. The molecule has 0 unspecified atom stereocenters. The number of aliphatic carboxylic acids is 1.